The minimum Gasteiger partial charge on any atom is -0.366 e. The van der Waals surface area contributed by atoms with Crippen LogP contribution in [0.15, 0.2) is 18.2 Å². The molecular formula is C16H23Cl2N3O2. The molecule has 0 aromatic heterocycles. The zero-order valence-corrected chi connectivity index (χ0v) is 14.5. The summed E-state index contributed by atoms with van der Waals surface area (Å²) in [6.45, 7) is 0.521. The van der Waals surface area contributed by atoms with Gasteiger partial charge in [0.25, 0.3) is 0 Å². The number of primary amides is 1. The highest BCUT2D eigenvalue weighted by Gasteiger charge is 2.32. The number of anilines is 1. The number of benzene rings is 1. The van der Waals surface area contributed by atoms with Crippen molar-refractivity contribution in [1.82, 2.24) is 0 Å². The van der Waals surface area contributed by atoms with E-state index in [1.165, 1.54) is 12.5 Å². The van der Waals surface area contributed by atoms with Gasteiger partial charge in [-0.15, -0.1) is 12.4 Å². The van der Waals surface area contributed by atoms with Crippen molar-refractivity contribution < 1.29 is 9.59 Å². The maximum atomic E-state index is 12.3. The average Bonchev–Trinajstić information content (AvgIpc) is 2.49. The Hall–Kier alpha value is -1.30. The van der Waals surface area contributed by atoms with Crippen LogP contribution in [0.2, 0.25) is 5.02 Å². The number of nitrogens with one attached hydrogen (secondary N) is 1. The van der Waals surface area contributed by atoms with Gasteiger partial charge in [0.1, 0.15) is 0 Å². The van der Waals surface area contributed by atoms with Gasteiger partial charge in [0.15, 0.2) is 0 Å². The van der Waals surface area contributed by atoms with Crippen LogP contribution in [0, 0.1) is 5.41 Å². The van der Waals surface area contributed by atoms with E-state index in [2.05, 4.69) is 5.32 Å². The largest absolute Gasteiger partial charge is 0.366 e. The number of nitrogens with two attached hydrogens (primary N) is 2. The maximum Gasteiger partial charge on any atom is 0.250 e. The highest BCUT2D eigenvalue weighted by molar-refractivity contribution is 6.33. The standard InChI is InChI=1S/C16H22ClN3O2.ClH/c17-13-5-4-11(8-12(13)15(19)22)20-14(21)9-16(10-18)6-2-1-3-7-16;/h4-5,8H,1-3,6-7,9-10,18H2,(H2,19,22)(H,20,21);1H. The van der Waals surface area contributed by atoms with E-state index in [0.717, 1.165) is 25.7 Å². The molecule has 1 aliphatic rings. The Labute approximate surface area is 147 Å². The van der Waals surface area contributed by atoms with Gasteiger partial charge in [-0.2, -0.15) is 0 Å². The summed E-state index contributed by atoms with van der Waals surface area (Å²) in [7, 11) is 0. The molecule has 0 radical (unpaired) electrons. The SMILES string of the molecule is Cl.NCC1(CC(=O)Nc2ccc(Cl)c(C(N)=O)c2)CCCCC1. The van der Waals surface area contributed by atoms with Crippen LogP contribution >= 0.6 is 24.0 Å². The van der Waals surface area contributed by atoms with Crippen LogP contribution in [0.5, 0.6) is 0 Å². The Kier molecular flexibility index (Phi) is 7.32. The third-order valence-corrected chi connectivity index (χ3v) is 4.73. The van der Waals surface area contributed by atoms with E-state index in [9.17, 15) is 9.59 Å². The number of hydrogen-bond acceptors (Lipinski definition) is 3. The Morgan fingerprint density at radius 3 is 2.43 bits per heavy atom. The van der Waals surface area contributed by atoms with Gasteiger partial charge in [0.05, 0.1) is 10.6 Å². The molecule has 0 spiro atoms. The van der Waals surface area contributed by atoms with Gasteiger partial charge in [0.2, 0.25) is 11.8 Å². The van der Waals surface area contributed by atoms with Crippen LogP contribution in [0.1, 0.15) is 48.9 Å². The van der Waals surface area contributed by atoms with Gasteiger partial charge < -0.3 is 16.8 Å². The first-order chi connectivity index (χ1) is 10.5. The summed E-state index contributed by atoms with van der Waals surface area (Å²) < 4.78 is 0. The molecule has 7 heteroatoms. The second-order valence-corrected chi connectivity index (χ2v) is 6.46. The lowest BCUT2D eigenvalue weighted by Gasteiger charge is -2.35. The smallest absolute Gasteiger partial charge is 0.250 e. The topological polar surface area (TPSA) is 98.2 Å². The van der Waals surface area contributed by atoms with Gasteiger partial charge in [-0.1, -0.05) is 30.9 Å². The first-order valence-corrected chi connectivity index (χ1v) is 7.93. The van der Waals surface area contributed by atoms with E-state index >= 15 is 0 Å². The Morgan fingerprint density at radius 2 is 1.87 bits per heavy atom. The fraction of sp³-hybridized carbons (Fsp3) is 0.500. The Bertz CT molecular complexity index is 572. The van der Waals surface area contributed by atoms with E-state index in [0.29, 0.717) is 18.7 Å². The first-order valence-electron chi connectivity index (χ1n) is 7.55. The summed E-state index contributed by atoms with van der Waals surface area (Å²) in [5, 5.41) is 3.08. The van der Waals surface area contributed by atoms with Crippen LogP contribution in [0.4, 0.5) is 5.69 Å². The Balaban J connectivity index is 0.00000264. The molecule has 23 heavy (non-hydrogen) atoms. The van der Waals surface area contributed by atoms with Crippen LogP contribution < -0.4 is 16.8 Å². The quantitative estimate of drug-likeness (QED) is 0.752. The highest BCUT2D eigenvalue weighted by Crippen LogP contribution is 2.38. The molecule has 5 N–H and O–H groups in total. The summed E-state index contributed by atoms with van der Waals surface area (Å²) in [5.41, 5.74) is 11.8. The van der Waals surface area contributed by atoms with Crippen molar-refractivity contribution in [3.63, 3.8) is 0 Å². The molecule has 0 aliphatic heterocycles. The molecule has 0 bridgehead atoms. The van der Waals surface area contributed by atoms with Crippen LogP contribution in [0.25, 0.3) is 0 Å². The summed E-state index contributed by atoms with van der Waals surface area (Å²) in [6.07, 6.45) is 5.84. The molecule has 128 valence electrons. The zero-order valence-electron chi connectivity index (χ0n) is 12.9. The predicted molar refractivity (Wildman–Crippen MR) is 95.0 cm³/mol. The van der Waals surface area contributed by atoms with Crippen LogP contribution in [-0.2, 0) is 4.79 Å². The van der Waals surface area contributed by atoms with Crippen molar-refractivity contribution in [1.29, 1.82) is 0 Å². The predicted octanol–water partition coefficient (Wildman–Crippen LogP) is 3.10. The first kappa shape index (κ1) is 19.7. The van der Waals surface area contributed by atoms with Crippen molar-refractivity contribution in [2.75, 3.05) is 11.9 Å². The minimum atomic E-state index is -0.619. The monoisotopic (exact) mass is 359 g/mol. The van der Waals surface area contributed by atoms with Crippen molar-refractivity contribution in [2.24, 2.45) is 16.9 Å². The normalized spacial score (nSPS) is 16.3. The van der Waals surface area contributed by atoms with Gasteiger partial charge in [-0.25, -0.2) is 0 Å². The fourth-order valence-electron chi connectivity index (χ4n) is 3.09. The van der Waals surface area contributed by atoms with Crippen LogP contribution in [0.3, 0.4) is 0 Å². The maximum absolute atomic E-state index is 12.3. The van der Waals surface area contributed by atoms with Crippen molar-refractivity contribution >= 4 is 41.5 Å². The van der Waals surface area contributed by atoms with E-state index in [1.807, 2.05) is 0 Å². The van der Waals surface area contributed by atoms with Gasteiger partial charge in [0, 0.05) is 12.1 Å². The molecule has 1 aliphatic carbocycles. The van der Waals surface area contributed by atoms with Crippen LogP contribution in [-0.4, -0.2) is 18.4 Å². The molecule has 1 aromatic carbocycles. The number of carbonyl (C=O) groups excluding carboxylic acids is 2. The van der Waals surface area contributed by atoms with Gasteiger partial charge in [-0.05, 0) is 43.0 Å². The summed E-state index contributed by atoms with van der Waals surface area (Å²) >= 11 is 5.90. The molecule has 0 atom stereocenters. The molecule has 0 heterocycles. The second kappa shape index (κ2) is 8.52. The zero-order chi connectivity index (χ0) is 16.2. The molecular weight excluding hydrogens is 337 g/mol. The lowest BCUT2D eigenvalue weighted by Crippen LogP contribution is -2.36. The van der Waals surface area contributed by atoms with Crippen molar-refractivity contribution in [3.05, 3.63) is 28.8 Å². The van der Waals surface area contributed by atoms with E-state index < -0.39 is 5.91 Å². The molecule has 0 saturated heterocycles. The minimum absolute atomic E-state index is 0. The van der Waals surface area contributed by atoms with E-state index in [-0.39, 0.29) is 34.3 Å². The molecule has 2 rings (SSSR count). The molecule has 0 unspecified atom stereocenters. The summed E-state index contributed by atoms with van der Waals surface area (Å²) in [4.78, 5) is 23.6. The number of carbonyl (C=O) groups is 2. The fourth-order valence-corrected chi connectivity index (χ4v) is 3.30. The van der Waals surface area contributed by atoms with Crippen molar-refractivity contribution in [3.8, 4) is 0 Å². The number of halogens is 2. The second-order valence-electron chi connectivity index (χ2n) is 6.05. The number of rotatable bonds is 5. The number of amides is 2. The average molecular weight is 360 g/mol. The molecule has 1 saturated carbocycles. The van der Waals surface area contributed by atoms with Gasteiger partial charge in [-0.3, -0.25) is 9.59 Å². The van der Waals surface area contributed by atoms with E-state index in [1.54, 1.807) is 12.1 Å². The van der Waals surface area contributed by atoms with Gasteiger partial charge >= 0.3 is 0 Å². The highest BCUT2D eigenvalue weighted by atomic mass is 35.5. The lowest BCUT2D eigenvalue weighted by molar-refractivity contribution is -0.118. The summed E-state index contributed by atoms with van der Waals surface area (Å²) in [6, 6.07) is 4.71. The molecule has 1 aromatic rings. The Morgan fingerprint density at radius 1 is 1.22 bits per heavy atom. The summed E-state index contributed by atoms with van der Waals surface area (Å²) in [5.74, 6) is -0.711. The van der Waals surface area contributed by atoms with Crippen molar-refractivity contribution in [2.45, 2.75) is 38.5 Å². The third-order valence-electron chi connectivity index (χ3n) is 4.40. The molecule has 5 nitrogen and oxygen atoms in total. The number of hydrogen-bond donors (Lipinski definition) is 3. The molecule has 1 fully saturated rings. The third kappa shape index (κ3) is 5.09. The van der Waals surface area contributed by atoms with E-state index in [4.69, 9.17) is 23.1 Å². The molecule has 2 amide bonds. The lowest BCUT2D eigenvalue weighted by atomic mass is 9.71.